The number of nitrogens with zero attached hydrogens (tertiary/aromatic N) is 4. The van der Waals surface area contributed by atoms with Crippen LogP contribution in [0.25, 0.3) is 11.1 Å². The molecule has 0 radical (unpaired) electrons. The number of aliphatic imine (C=N–C) groups is 2. The van der Waals surface area contributed by atoms with Crippen LogP contribution < -0.4 is 25.7 Å². The molecule has 12 nitrogen and oxygen atoms in total. The van der Waals surface area contributed by atoms with Crippen LogP contribution in [0.1, 0.15) is 36.1 Å². The lowest BCUT2D eigenvalue weighted by Crippen LogP contribution is -2.31. The predicted molar refractivity (Wildman–Crippen MR) is 194 cm³/mol. The second-order valence-electron chi connectivity index (χ2n) is 13.5. The van der Waals surface area contributed by atoms with Crippen molar-refractivity contribution >= 4 is 28.0 Å². The highest BCUT2D eigenvalue weighted by molar-refractivity contribution is 9.10. The molecule has 0 saturated carbocycles. The summed E-state index contributed by atoms with van der Waals surface area (Å²) in [6, 6.07) is 16.0. The summed E-state index contributed by atoms with van der Waals surface area (Å²) in [4.78, 5) is 17.1. The van der Waals surface area contributed by atoms with Crippen molar-refractivity contribution in [2.24, 2.45) is 21.5 Å². The minimum absolute atomic E-state index is 0.00204. The molecule has 0 bridgehead atoms. The van der Waals surface area contributed by atoms with Gasteiger partial charge in [-0.15, -0.1) is 0 Å². The van der Waals surface area contributed by atoms with Gasteiger partial charge in [0.15, 0.2) is 34.2 Å². The topological polar surface area (TPSA) is 169 Å². The molecule has 0 amide bonds. The Labute approximate surface area is 314 Å². The summed E-state index contributed by atoms with van der Waals surface area (Å²) in [5.74, 6) is -0.439. The smallest absolute Gasteiger partial charge is 0.283 e. The molecular weight excluding hydrogens is 773 g/mol. The lowest BCUT2D eigenvalue weighted by molar-refractivity contribution is 0.120. The van der Waals surface area contributed by atoms with E-state index < -0.39 is 28.4 Å². The Hall–Kier alpha value is -6.03. The Kier molecular flexibility index (Phi) is 8.32. The van der Waals surface area contributed by atoms with Gasteiger partial charge in [0.25, 0.3) is 12.0 Å². The summed E-state index contributed by atoms with van der Waals surface area (Å²) in [5, 5.41) is 9.76. The van der Waals surface area contributed by atoms with Crippen molar-refractivity contribution in [3.8, 4) is 45.6 Å². The first kappa shape index (κ1) is 35.0. The monoisotopic (exact) mass is 802 g/mol. The fourth-order valence-electron chi connectivity index (χ4n) is 6.72. The molecule has 2 spiro atoms. The number of phenolic OH excluding ortho intramolecular Hbond substituents is 1. The minimum Gasteiger partial charge on any atom is -0.508 e. The van der Waals surface area contributed by atoms with Crippen molar-refractivity contribution < 1.29 is 42.0 Å². The lowest BCUT2D eigenvalue weighted by Gasteiger charge is -2.34. The van der Waals surface area contributed by atoms with E-state index in [9.17, 15) is 13.9 Å². The normalized spacial score (nSPS) is 20.0. The van der Waals surface area contributed by atoms with E-state index in [1.165, 1.54) is 32.3 Å². The Balaban J connectivity index is 0.000000164. The van der Waals surface area contributed by atoms with Crippen molar-refractivity contribution in [2.45, 2.75) is 30.6 Å². The van der Waals surface area contributed by atoms with Gasteiger partial charge in [0, 0.05) is 56.8 Å². The number of hydrogen-bond donors (Lipinski definition) is 3. The average molecular weight is 804 g/mol. The molecule has 4 aliphatic heterocycles. The molecule has 276 valence electrons. The number of benzene rings is 4. The maximum atomic E-state index is 15.1. The van der Waals surface area contributed by atoms with Gasteiger partial charge in [0.1, 0.15) is 54.8 Å². The average Bonchev–Trinajstić information content (AvgIpc) is 3.72. The van der Waals surface area contributed by atoms with Gasteiger partial charge in [0.2, 0.25) is 0 Å². The van der Waals surface area contributed by atoms with Crippen molar-refractivity contribution in [3.63, 3.8) is 0 Å². The largest absolute Gasteiger partial charge is 0.508 e. The molecule has 4 aromatic carbocycles. The van der Waals surface area contributed by atoms with Gasteiger partial charge in [-0.25, -0.2) is 33.1 Å². The maximum Gasteiger partial charge on any atom is 0.283 e. The second kappa shape index (κ2) is 12.8. The van der Waals surface area contributed by atoms with Crippen LogP contribution in [0.5, 0.6) is 34.5 Å². The van der Waals surface area contributed by atoms with Crippen LogP contribution in [-0.2, 0) is 20.6 Å². The zero-order valence-electron chi connectivity index (χ0n) is 28.6. The first-order valence-corrected chi connectivity index (χ1v) is 17.2. The van der Waals surface area contributed by atoms with Crippen molar-refractivity contribution in [3.05, 3.63) is 118 Å². The molecule has 4 aliphatic rings. The number of alkyl halides is 1. The molecule has 2 atom stereocenters. The molecule has 0 saturated heterocycles. The van der Waals surface area contributed by atoms with E-state index in [-0.39, 0.29) is 54.9 Å². The number of fused-ring (bicyclic) bond motifs is 8. The fraction of sp³-hybridized carbons (Fsp3) is 0.211. The SMILES string of the molecule is CC(C)(F)COc1cc(F)c2c(c1)[C@]1(COC(N)=N1)c1cc(-c3cncnc3)ccc1O2.NC1=N[C@@]2(CO1)c1cc(Br)ccc1Oc1c(F)cc(O)cc12. The molecule has 54 heavy (non-hydrogen) atoms. The van der Waals surface area contributed by atoms with Crippen molar-refractivity contribution in [1.29, 1.82) is 0 Å². The minimum atomic E-state index is -1.58. The Morgan fingerprint density at radius 3 is 1.94 bits per heavy atom. The van der Waals surface area contributed by atoms with E-state index in [4.69, 9.17) is 35.2 Å². The third kappa shape index (κ3) is 6.05. The van der Waals surface area contributed by atoms with Crippen LogP contribution >= 0.6 is 15.9 Å². The number of amidine groups is 2. The summed E-state index contributed by atoms with van der Waals surface area (Å²) in [5.41, 5.74) is 11.5. The van der Waals surface area contributed by atoms with Crippen molar-refractivity contribution in [1.82, 2.24) is 9.97 Å². The number of halogens is 4. The van der Waals surface area contributed by atoms with Gasteiger partial charge in [-0.05, 0) is 61.9 Å². The van der Waals surface area contributed by atoms with Gasteiger partial charge in [-0.2, -0.15) is 0 Å². The van der Waals surface area contributed by atoms with Crippen LogP contribution in [0.4, 0.5) is 13.2 Å². The fourth-order valence-corrected chi connectivity index (χ4v) is 7.08. The molecule has 0 unspecified atom stereocenters. The van der Waals surface area contributed by atoms with E-state index >= 15 is 4.39 Å². The van der Waals surface area contributed by atoms with Crippen LogP contribution in [0, 0.1) is 11.6 Å². The Morgan fingerprint density at radius 1 is 0.778 bits per heavy atom. The van der Waals surface area contributed by atoms with Crippen LogP contribution in [-0.4, -0.2) is 52.6 Å². The molecule has 5 N–H and O–H groups in total. The van der Waals surface area contributed by atoms with Crippen LogP contribution in [0.2, 0.25) is 0 Å². The molecule has 5 heterocycles. The van der Waals surface area contributed by atoms with E-state index in [0.717, 1.165) is 21.7 Å². The Morgan fingerprint density at radius 2 is 1.35 bits per heavy atom. The van der Waals surface area contributed by atoms with E-state index in [1.54, 1.807) is 36.7 Å². The maximum absolute atomic E-state index is 15.1. The molecule has 0 aliphatic carbocycles. The van der Waals surface area contributed by atoms with E-state index in [0.29, 0.717) is 33.8 Å². The predicted octanol–water partition coefficient (Wildman–Crippen LogP) is 7.09. The molecule has 16 heteroatoms. The third-order valence-electron chi connectivity index (χ3n) is 9.11. The summed E-state index contributed by atoms with van der Waals surface area (Å²) in [6.45, 7) is 2.69. The zero-order valence-corrected chi connectivity index (χ0v) is 30.2. The number of aromatic hydroxyl groups is 1. The highest BCUT2D eigenvalue weighted by atomic mass is 79.9. The first-order valence-electron chi connectivity index (χ1n) is 16.5. The number of nitrogens with two attached hydrogens (primary N) is 2. The van der Waals surface area contributed by atoms with Crippen molar-refractivity contribution in [2.75, 3.05) is 19.8 Å². The molecule has 0 fully saturated rings. The number of ether oxygens (including phenoxy) is 5. The summed E-state index contributed by atoms with van der Waals surface area (Å²) in [7, 11) is 0. The summed E-state index contributed by atoms with van der Waals surface area (Å²) >= 11 is 3.41. The zero-order chi connectivity index (χ0) is 38.0. The Bertz CT molecular complexity index is 2390. The second-order valence-corrected chi connectivity index (χ2v) is 14.4. The third-order valence-corrected chi connectivity index (χ3v) is 9.60. The summed E-state index contributed by atoms with van der Waals surface area (Å²) in [6.07, 6.45) is 4.82. The van der Waals surface area contributed by atoms with Gasteiger partial charge < -0.3 is 40.3 Å². The van der Waals surface area contributed by atoms with Gasteiger partial charge >= 0.3 is 0 Å². The first-order chi connectivity index (χ1) is 25.7. The van der Waals surface area contributed by atoms with E-state index in [1.807, 2.05) is 18.2 Å². The molecule has 9 rings (SSSR count). The standard InChI is InChI=1S/C23H20F2N4O3.C15H10BrFN2O3/c1-22(2,25)10-30-15-6-17-20(18(24)7-15)32-19-4-3-13(14-8-27-12-28-9-14)5-16(19)23(17)11-31-21(26)29-23;16-7-1-2-12-9(3-7)15(6-21-14(18)19-15)10-4-8(20)5-11(17)13(10)22-12/h3-9,12H,10-11H2,1-2H3,(H2,26,29);1-5,20H,6H2,(H2,18,19)/t23-;15-/m00/s1. The van der Waals surface area contributed by atoms with Gasteiger partial charge in [0.05, 0.1) is 0 Å². The lowest BCUT2D eigenvalue weighted by atomic mass is 9.80. The highest BCUT2D eigenvalue weighted by Gasteiger charge is 2.49. The number of phenols is 1. The number of hydrogen-bond acceptors (Lipinski definition) is 12. The molecular formula is C38H30BrF3N6O6. The molecule has 5 aromatic rings. The van der Waals surface area contributed by atoms with Gasteiger partial charge in [-0.3, -0.25) is 0 Å². The number of rotatable bonds is 4. The summed E-state index contributed by atoms with van der Waals surface area (Å²) < 4.78 is 72.0. The van der Waals surface area contributed by atoms with Gasteiger partial charge in [-0.1, -0.05) is 22.0 Å². The van der Waals surface area contributed by atoms with E-state index in [2.05, 4.69) is 35.9 Å². The highest BCUT2D eigenvalue weighted by Crippen LogP contribution is 2.54. The van der Waals surface area contributed by atoms with Crippen LogP contribution in [0.15, 0.2) is 93.8 Å². The quantitative estimate of drug-likeness (QED) is 0.171. The molecule has 1 aromatic heterocycles. The number of aromatic nitrogens is 2. The van der Waals surface area contributed by atoms with Crippen LogP contribution in [0.3, 0.4) is 0 Å².